The summed E-state index contributed by atoms with van der Waals surface area (Å²) in [4.78, 5) is 32.0. The molecule has 1 saturated heterocycles. The molecule has 4 rings (SSSR count). The van der Waals surface area contributed by atoms with Crippen LogP contribution in [-0.4, -0.2) is 45.0 Å². The number of amides is 1. The van der Waals surface area contributed by atoms with E-state index in [0.29, 0.717) is 36.0 Å². The average Bonchev–Trinajstić information content (AvgIpc) is 3.14. The molecule has 1 amide bonds. The zero-order chi connectivity index (χ0) is 26.5. The highest BCUT2D eigenvalue weighted by Crippen LogP contribution is 2.42. The van der Waals surface area contributed by atoms with E-state index in [1.165, 1.54) is 11.0 Å². The molecule has 1 aromatic heterocycles. The number of likely N-dealkylation sites (tertiary alicyclic amines) is 1. The SMILES string of the molecule is CCOc1cc([C@H]2C(=C(O)c3ccc(OCC(C)C)cc3)C(=O)C(=O)N2Cc2cccnc2)ccc1O. The summed E-state index contributed by atoms with van der Waals surface area (Å²) in [7, 11) is 0. The number of carbonyl (C=O) groups excluding carboxylic acids is 2. The number of nitrogens with zero attached hydrogens (tertiary/aromatic N) is 2. The van der Waals surface area contributed by atoms with E-state index in [2.05, 4.69) is 4.98 Å². The minimum absolute atomic E-state index is 0.0436. The van der Waals surface area contributed by atoms with E-state index in [0.717, 1.165) is 5.56 Å². The Kier molecular flexibility index (Phi) is 7.77. The summed E-state index contributed by atoms with van der Waals surface area (Å²) < 4.78 is 11.3. The van der Waals surface area contributed by atoms with Crippen molar-refractivity contribution in [2.24, 2.45) is 5.92 Å². The van der Waals surface area contributed by atoms with Crippen LogP contribution in [0.5, 0.6) is 17.2 Å². The lowest BCUT2D eigenvalue weighted by atomic mass is 9.94. The molecular weight excluding hydrogens is 472 g/mol. The predicted molar refractivity (Wildman–Crippen MR) is 138 cm³/mol. The summed E-state index contributed by atoms with van der Waals surface area (Å²) in [5, 5.41) is 21.5. The Bertz CT molecular complexity index is 1300. The van der Waals surface area contributed by atoms with Crippen LogP contribution in [-0.2, 0) is 16.1 Å². The number of hydrogen-bond donors (Lipinski definition) is 2. The number of rotatable bonds is 9. The maximum Gasteiger partial charge on any atom is 0.295 e. The molecular formula is C29H30N2O6. The Morgan fingerprint density at radius 1 is 1.08 bits per heavy atom. The maximum absolute atomic E-state index is 13.3. The quantitative estimate of drug-likeness (QED) is 0.245. The van der Waals surface area contributed by atoms with Crippen LogP contribution in [0, 0.1) is 5.92 Å². The third-order valence-corrected chi connectivity index (χ3v) is 5.93. The molecule has 0 aliphatic carbocycles. The number of aliphatic hydroxyl groups excluding tert-OH is 1. The van der Waals surface area contributed by atoms with Gasteiger partial charge < -0.3 is 24.6 Å². The van der Waals surface area contributed by atoms with Crippen molar-refractivity contribution in [2.45, 2.75) is 33.4 Å². The van der Waals surface area contributed by atoms with E-state index < -0.39 is 17.7 Å². The number of pyridine rings is 1. The molecule has 1 aliphatic heterocycles. The summed E-state index contributed by atoms with van der Waals surface area (Å²) in [5.74, 6) is -0.672. The Hall–Kier alpha value is -4.33. The molecule has 192 valence electrons. The highest BCUT2D eigenvalue weighted by molar-refractivity contribution is 6.46. The molecule has 0 spiro atoms. The van der Waals surface area contributed by atoms with Crippen LogP contribution in [0.15, 0.2) is 72.6 Å². The second-order valence-electron chi connectivity index (χ2n) is 9.18. The fourth-order valence-electron chi connectivity index (χ4n) is 4.18. The Balaban J connectivity index is 1.79. The predicted octanol–water partition coefficient (Wildman–Crippen LogP) is 4.84. The number of aliphatic hydroxyl groups is 1. The fourth-order valence-corrected chi connectivity index (χ4v) is 4.18. The van der Waals surface area contributed by atoms with Crippen LogP contribution >= 0.6 is 0 Å². The monoisotopic (exact) mass is 502 g/mol. The van der Waals surface area contributed by atoms with Crippen LogP contribution in [0.25, 0.3) is 5.76 Å². The lowest BCUT2D eigenvalue weighted by Gasteiger charge is -2.26. The van der Waals surface area contributed by atoms with Gasteiger partial charge in [-0.2, -0.15) is 0 Å². The van der Waals surface area contributed by atoms with Crippen LogP contribution in [0.2, 0.25) is 0 Å². The third-order valence-electron chi connectivity index (χ3n) is 5.93. The highest BCUT2D eigenvalue weighted by atomic mass is 16.5. The van der Waals surface area contributed by atoms with E-state index in [1.54, 1.807) is 61.8 Å². The lowest BCUT2D eigenvalue weighted by molar-refractivity contribution is -0.140. The highest BCUT2D eigenvalue weighted by Gasteiger charge is 2.46. The number of aromatic hydroxyl groups is 1. The summed E-state index contributed by atoms with van der Waals surface area (Å²) in [6, 6.07) is 14.0. The van der Waals surface area contributed by atoms with Crippen LogP contribution in [0.4, 0.5) is 0 Å². The van der Waals surface area contributed by atoms with Gasteiger partial charge >= 0.3 is 0 Å². The Labute approximate surface area is 215 Å². The van der Waals surface area contributed by atoms with Gasteiger partial charge in [-0.05, 0) is 66.4 Å². The van der Waals surface area contributed by atoms with E-state index in [-0.39, 0.29) is 29.4 Å². The molecule has 3 aromatic rings. The molecule has 0 bridgehead atoms. The number of phenols is 1. The van der Waals surface area contributed by atoms with Crippen molar-refractivity contribution in [1.82, 2.24) is 9.88 Å². The van der Waals surface area contributed by atoms with Gasteiger partial charge in [0.15, 0.2) is 11.5 Å². The van der Waals surface area contributed by atoms with E-state index in [9.17, 15) is 19.8 Å². The molecule has 2 heterocycles. The summed E-state index contributed by atoms with van der Waals surface area (Å²) >= 11 is 0. The van der Waals surface area contributed by atoms with Gasteiger partial charge in [0.25, 0.3) is 11.7 Å². The van der Waals surface area contributed by atoms with Crippen molar-refractivity contribution in [3.8, 4) is 17.2 Å². The second kappa shape index (κ2) is 11.2. The van der Waals surface area contributed by atoms with Crippen molar-refractivity contribution >= 4 is 17.4 Å². The fraction of sp³-hybridized carbons (Fsp3) is 0.276. The first-order valence-electron chi connectivity index (χ1n) is 12.2. The van der Waals surface area contributed by atoms with Crippen LogP contribution in [0.1, 0.15) is 43.5 Å². The zero-order valence-electron chi connectivity index (χ0n) is 21.0. The molecule has 2 aromatic carbocycles. The molecule has 1 fully saturated rings. The third kappa shape index (κ3) is 5.58. The first kappa shape index (κ1) is 25.8. The molecule has 8 nitrogen and oxygen atoms in total. The standard InChI is InChI=1S/C29H30N2O6/c1-4-36-24-14-21(9-12-23(24)32)26-25(27(33)20-7-10-22(11-8-20)37-17-18(2)3)28(34)29(35)31(26)16-19-6-5-13-30-15-19/h5-15,18,26,32-33H,4,16-17H2,1-3H3/t26-/m0/s1. The minimum atomic E-state index is -0.906. The first-order chi connectivity index (χ1) is 17.8. The summed E-state index contributed by atoms with van der Waals surface area (Å²) in [6.45, 7) is 6.85. The molecule has 1 atom stereocenters. The molecule has 0 radical (unpaired) electrons. The van der Waals surface area contributed by atoms with Gasteiger partial charge in [0.1, 0.15) is 11.5 Å². The molecule has 0 saturated carbocycles. The Morgan fingerprint density at radius 2 is 1.84 bits per heavy atom. The number of aromatic nitrogens is 1. The van der Waals surface area contributed by atoms with Gasteiger partial charge in [0.2, 0.25) is 0 Å². The van der Waals surface area contributed by atoms with Crippen molar-refractivity contribution in [3.63, 3.8) is 0 Å². The smallest absolute Gasteiger partial charge is 0.295 e. The lowest BCUT2D eigenvalue weighted by Crippen LogP contribution is -2.29. The summed E-state index contributed by atoms with van der Waals surface area (Å²) in [6.07, 6.45) is 3.24. The number of hydrogen-bond acceptors (Lipinski definition) is 7. The molecule has 0 unspecified atom stereocenters. The van der Waals surface area contributed by atoms with E-state index >= 15 is 0 Å². The van der Waals surface area contributed by atoms with Gasteiger partial charge in [-0.3, -0.25) is 14.6 Å². The Morgan fingerprint density at radius 3 is 2.49 bits per heavy atom. The van der Waals surface area contributed by atoms with E-state index in [4.69, 9.17) is 9.47 Å². The molecule has 37 heavy (non-hydrogen) atoms. The molecule has 8 heteroatoms. The van der Waals surface area contributed by atoms with E-state index in [1.807, 2.05) is 19.9 Å². The minimum Gasteiger partial charge on any atom is -0.507 e. The number of phenolic OH excluding ortho intramolecular Hbond substituents is 1. The average molecular weight is 503 g/mol. The number of Topliss-reactive ketones (excluding diaryl/α,β-unsaturated/α-hetero) is 1. The van der Waals surface area contributed by atoms with Gasteiger partial charge in [0, 0.05) is 24.5 Å². The zero-order valence-corrected chi connectivity index (χ0v) is 21.0. The second-order valence-corrected chi connectivity index (χ2v) is 9.18. The van der Waals surface area contributed by atoms with Crippen LogP contribution in [0.3, 0.4) is 0 Å². The first-order valence-corrected chi connectivity index (χ1v) is 12.2. The number of ether oxygens (including phenoxy) is 2. The van der Waals surface area contributed by atoms with Crippen molar-refractivity contribution < 1.29 is 29.3 Å². The summed E-state index contributed by atoms with van der Waals surface area (Å²) in [5.41, 5.74) is 1.58. The normalized spacial score (nSPS) is 16.9. The van der Waals surface area contributed by atoms with Crippen molar-refractivity contribution in [1.29, 1.82) is 0 Å². The van der Waals surface area contributed by atoms with Crippen molar-refractivity contribution in [2.75, 3.05) is 13.2 Å². The number of benzene rings is 2. The number of ketones is 1. The van der Waals surface area contributed by atoms with Crippen molar-refractivity contribution in [3.05, 3.63) is 89.3 Å². The van der Waals surface area contributed by atoms with Crippen LogP contribution < -0.4 is 9.47 Å². The van der Waals surface area contributed by atoms with Gasteiger partial charge in [-0.1, -0.05) is 26.0 Å². The van der Waals surface area contributed by atoms with Gasteiger partial charge in [-0.25, -0.2) is 0 Å². The maximum atomic E-state index is 13.3. The largest absolute Gasteiger partial charge is 0.507 e. The number of carbonyl (C=O) groups is 2. The molecule has 2 N–H and O–H groups in total. The molecule has 1 aliphatic rings. The topological polar surface area (TPSA) is 109 Å². The van der Waals surface area contributed by atoms with Gasteiger partial charge in [-0.15, -0.1) is 0 Å². The van der Waals surface area contributed by atoms with Gasteiger partial charge in [0.05, 0.1) is 24.8 Å².